The molecule has 1 aliphatic heterocycles. The van der Waals surface area contributed by atoms with Gasteiger partial charge < -0.3 is 9.64 Å². The van der Waals surface area contributed by atoms with Crippen LogP contribution in [0.2, 0.25) is 5.02 Å². The van der Waals surface area contributed by atoms with Crippen LogP contribution in [0, 0.1) is 0 Å². The van der Waals surface area contributed by atoms with Crippen molar-refractivity contribution in [2.75, 3.05) is 13.1 Å². The van der Waals surface area contributed by atoms with Crippen molar-refractivity contribution >= 4 is 33.4 Å². The first-order chi connectivity index (χ1) is 11.6. The van der Waals surface area contributed by atoms with Crippen molar-refractivity contribution in [3.05, 3.63) is 63.6 Å². The average Bonchev–Trinajstić information content (AvgIpc) is 2.62. The zero-order valence-corrected chi connectivity index (χ0v) is 15.6. The minimum atomic E-state index is -0.651. The number of likely N-dealkylation sites (tertiary alicyclic amines) is 1. The monoisotopic (exact) mass is 407 g/mol. The Morgan fingerprint density at radius 3 is 2.46 bits per heavy atom. The fraction of sp³-hybridized carbons (Fsp3) is 0.316. The molecule has 5 heteroatoms. The van der Waals surface area contributed by atoms with Gasteiger partial charge in [0.05, 0.1) is 4.47 Å². The molecule has 1 amide bonds. The highest BCUT2D eigenvalue weighted by Crippen LogP contribution is 2.32. The van der Waals surface area contributed by atoms with E-state index < -0.39 is 6.10 Å². The van der Waals surface area contributed by atoms with Crippen LogP contribution in [-0.4, -0.2) is 23.9 Å². The number of rotatable bonds is 4. The lowest BCUT2D eigenvalue weighted by molar-refractivity contribution is -0.140. The standard InChI is InChI=1S/C19H19BrClNO2/c20-16-13-15(21)9-10-17(16)24-18(14-7-3-1-4-8-14)19(23)22-11-5-2-6-12-22/h1,3-4,7-10,13,18H,2,5-6,11-12H2/t18-/m0/s1. The summed E-state index contributed by atoms with van der Waals surface area (Å²) in [6.45, 7) is 1.60. The highest BCUT2D eigenvalue weighted by atomic mass is 79.9. The molecule has 24 heavy (non-hydrogen) atoms. The first-order valence-corrected chi connectivity index (χ1v) is 9.28. The molecule has 1 aliphatic rings. The quantitative estimate of drug-likeness (QED) is 0.693. The van der Waals surface area contributed by atoms with E-state index in [1.54, 1.807) is 18.2 Å². The Kier molecular flexibility index (Phi) is 5.80. The smallest absolute Gasteiger partial charge is 0.268 e. The van der Waals surface area contributed by atoms with Crippen molar-refractivity contribution in [1.82, 2.24) is 4.90 Å². The second-order valence-electron chi connectivity index (χ2n) is 5.87. The molecule has 2 aromatic rings. The van der Waals surface area contributed by atoms with Crippen molar-refractivity contribution in [2.45, 2.75) is 25.4 Å². The van der Waals surface area contributed by atoms with Crippen LogP contribution < -0.4 is 4.74 Å². The molecular formula is C19H19BrClNO2. The largest absolute Gasteiger partial charge is 0.475 e. The molecule has 126 valence electrons. The summed E-state index contributed by atoms with van der Waals surface area (Å²) in [6, 6.07) is 14.9. The molecule has 0 N–H and O–H groups in total. The number of ether oxygens (including phenoxy) is 1. The molecule has 2 aromatic carbocycles. The Labute approximate surface area is 155 Å². The second-order valence-corrected chi connectivity index (χ2v) is 7.16. The SMILES string of the molecule is O=C([C@@H](Oc1ccc(Cl)cc1Br)c1ccccc1)N1CCCCC1. The molecule has 0 bridgehead atoms. The van der Waals surface area contributed by atoms with Crippen LogP contribution in [0.4, 0.5) is 0 Å². The molecule has 3 nitrogen and oxygen atoms in total. The fourth-order valence-electron chi connectivity index (χ4n) is 2.87. The predicted molar refractivity (Wildman–Crippen MR) is 99.4 cm³/mol. The minimum absolute atomic E-state index is 0.0164. The molecule has 0 saturated carbocycles. The number of nitrogens with zero attached hydrogens (tertiary/aromatic N) is 1. The Bertz CT molecular complexity index is 702. The van der Waals surface area contributed by atoms with Gasteiger partial charge in [-0.3, -0.25) is 4.79 Å². The van der Waals surface area contributed by atoms with E-state index in [2.05, 4.69) is 15.9 Å². The van der Waals surface area contributed by atoms with Gasteiger partial charge in [-0.2, -0.15) is 0 Å². The zero-order valence-electron chi connectivity index (χ0n) is 13.3. The Balaban J connectivity index is 1.88. The highest BCUT2D eigenvalue weighted by molar-refractivity contribution is 9.10. The van der Waals surface area contributed by atoms with Crippen molar-refractivity contribution < 1.29 is 9.53 Å². The Morgan fingerprint density at radius 1 is 1.08 bits per heavy atom. The lowest BCUT2D eigenvalue weighted by Gasteiger charge is -2.31. The number of hydrogen-bond acceptors (Lipinski definition) is 2. The van der Waals surface area contributed by atoms with Gasteiger partial charge in [-0.15, -0.1) is 0 Å². The van der Waals surface area contributed by atoms with Gasteiger partial charge in [-0.1, -0.05) is 41.9 Å². The van der Waals surface area contributed by atoms with E-state index in [0.29, 0.717) is 10.8 Å². The van der Waals surface area contributed by atoms with E-state index in [4.69, 9.17) is 16.3 Å². The number of hydrogen-bond donors (Lipinski definition) is 0. The van der Waals surface area contributed by atoms with Crippen molar-refractivity contribution in [2.24, 2.45) is 0 Å². The third-order valence-electron chi connectivity index (χ3n) is 4.13. The summed E-state index contributed by atoms with van der Waals surface area (Å²) >= 11 is 9.45. The van der Waals surface area contributed by atoms with E-state index in [1.165, 1.54) is 6.42 Å². The van der Waals surface area contributed by atoms with Crippen molar-refractivity contribution in [3.8, 4) is 5.75 Å². The van der Waals surface area contributed by atoms with E-state index in [0.717, 1.165) is 36.0 Å². The second kappa shape index (κ2) is 8.04. The number of piperidine rings is 1. The molecule has 1 fully saturated rings. The van der Waals surface area contributed by atoms with Crippen LogP contribution in [0.25, 0.3) is 0 Å². The summed E-state index contributed by atoms with van der Waals surface area (Å²) in [4.78, 5) is 14.9. The lowest BCUT2D eigenvalue weighted by atomic mass is 10.1. The maximum absolute atomic E-state index is 13.0. The third kappa shape index (κ3) is 4.11. The number of benzene rings is 2. The van der Waals surface area contributed by atoms with Gasteiger partial charge in [0.1, 0.15) is 5.75 Å². The van der Waals surface area contributed by atoms with Gasteiger partial charge >= 0.3 is 0 Å². The molecule has 1 saturated heterocycles. The average molecular weight is 409 g/mol. The number of halogens is 2. The molecule has 1 heterocycles. The minimum Gasteiger partial charge on any atom is -0.475 e. The van der Waals surface area contributed by atoms with Gasteiger partial charge in [0.15, 0.2) is 0 Å². The fourth-order valence-corrected chi connectivity index (χ4v) is 3.64. The normalized spacial score (nSPS) is 15.8. The van der Waals surface area contributed by atoms with Crippen LogP contribution in [0.5, 0.6) is 5.75 Å². The van der Waals surface area contributed by atoms with Gasteiger partial charge in [-0.05, 0) is 53.4 Å². The highest BCUT2D eigenvalue weighted by Gasteiger charge is 2.29. The van der Waals surface area contributed by atoms with Gasteiger partial charge in [0, 0.05) is 23.7 Å². The molecule has 0 aromatic heterocycles. The van der Waals surface area contributed by atoms with Crippen LogP contribution in [0.15, 0.2) is 53.0 Å². The molecule has 1 atom stereocenters. The number of carbonyl (C=O) groups excluding carboxylic acids is 1. The number of amides is 1. The van der Waals surface area contributed by atoms with Crippen molar-refractivity contribution in [1.29, 1.82) is 0 Å². The Morgan fingerprint density at radius 2 is 1.79 bits per heavy atom. The third-order valence-corrected chi connectivity index (χ3v) is 4.99. The van der Waals surface area contributed by atoms with Crippen LogP contribution >= 0.6 is 27.5 Å². The molecular weight excluding hydrogens is 390 g/mol. The van der Waals surface area contributed by atoms with E-state index in [-0.39, 0.29) is 5.91 Å². The predicted octanol–water partition coefficient (Wildman–Crippen LogP) is 5.24. The molecule has 0 aliphatic carbocycles. The summed E-state index contributed by atoms with van der Waals surface area (Å²) in [6.07, 6.45) is 2.64. The summed E-state index contributed by atoms with van der Waals surface area (Å²) in [5.74, 6) is 0.626. The van der Waals surface area contributed by atoms with Crippen molar-refractivity contribution in [3.63, 3.8) is 0 Å². The van der Waals surface area contributed by atoms with Gasteiger partial charge in [0.25, 0.3) is 5.91 Å². The van der Waals surface area contributed by atoms with E-state index in [1.807, 2.05) is 35.2 Å². The Hall–Kier alpha value is -1.52. The van der Waals surface area contributed by atoms with Gasteiger partial charge in [-0.25, -0.2) is 0 Å². The summed E-state index contributed by atoms with van der Waals surface area (Å²) < 4.78 is 6.84. The summed E-state index contributed by atoms with van der Waals surface area (Å²) in [5, 5.41) is 0.618. The summed E-state index contributed by atoms with van der Waals surface area (Å²) in [7, 11) is 0. The van der Waals surface area contributed by atoms with Gasteiger partial charge in [0.2, 0.25) is 6.10 Å². The summed E-state index contributed by atoms with van der Waals surface area (Å²) in [5.41, 5.74) is 0.856. The molecule has 3 rings (SSSR count). The number of carbonyl (C=O) groups is 1. The van der Waals surface area contributed by atoms with Crippen LogP contribution in [-0.2, 0) is 4.79 Å². The van der Waals surface area contributed by atoms with E-state index >= 15 is 0 Å². The topological polar surface area (TPSA) is 29.5 Å². The molecule has 0 spiro atoms. The molecule has 0 unspecified atom stereocenters. The van der Waals surface area contributed by atoms with E-state index in [9.17, 15) is 4.79 Å². The maximum Gasteiger partial charge on any atom is 0.268 e. The first kappa shape index (κ1) is 17.3. The lowest BCUT2D eigenvalue weighted by Crippen LogP contribution is -2.40. The van der Waals surface area contributed by atoms with Crippen LogP contribution in [0.1, 0.15) is 30.9 Å². The maximum atomic E-state index is 13.0. The first-order valence-electron chi connectivity index (χ1n) is 8.10. The molecule has 0 radical (unpaired) electrons. The zero-order chi connectivity index (χ0) is 16.9. The van der Waals surface area contributed by atoms with Crippen LogP contribution in [0.3, 0.4) is 0 Å².